The van der Waals surface area contributed by atoms with Gasteiger partial charge in [-0.25, -0.2) is 15.0 Å². The molecule has 0 saturated heterocycles. The van der Waals surface area contributed by atoms with Crippen molar-refractivity contribution in [1.82, 2.24) is 19.9 Å². The molecule has 6 nitrogen and oxygen atoms in total. The third-order valence-electron chi connectivity index (χ3n) is 4.29. The van der Waals surface area contributed by atoms with Crippen molar-refractivity contribution in [3.05, 3.63) is 54.1 Å². The van der Waals surface area contributed by atoms with E-state index in [4.69, 9.17) is 4.74 Å². The third kappa shape index (κ3) is 6.63. The highest BCUT2D eigenvalue weighted by molar-refractivity contribution is 5.63. The summed E-state index contributed by atoms with van der Waals surface area (Å²) >= 11 is 0. The number of anilines is 2. The summed E-state index contributed by atoms with van der Waals surface area (Å²) in [5.41, 5.74) is 0.774. The molecule has 0 radical (unpaired) electrons. The molecule has 2 aromatic heterocycles. The Morgan fingerprint density at radius 1 is 0.969 bits per heavy atom. The fourth-order valence-electron chi connectivity index (χ4n) is 2.80. The van der Waals surface area contributed by atoms with Crippen molar-refractivity contribution in [1.29, 1.82) is 0 Å². The average molecular weight is 448 g/mol. The van der Waals surface area contributed by atoms with Crippen LogP contribution in [0.15, 0.2) is 42.9 Å². The Balaban J connectivity index is 0.000000860. The molecule has 0 bridgehead atoms. The standard InChI is InChI=1S/C19H16F3N5O.2C2H6/c1-28-14-7-12(11-2-3-11)6-13(8-14)25-17-9-16(19(20,21)22)26-18(27-17)15-10-23-4-5-24-15;2*1-2/h4-11H,2-3H2,1H3,(H,25,26,27);2*1-2H3. The number of alkyl halides is 3. The maximum absolute atomic E-state index is 13.3. The zero-order valence-electron chi connectivity index (χ0n) is 18.9. The van der Waals surface area contributed by atoms with E-state index in [-0.39, 0.29) is 17.3 Å². The molecule has 4 rings (SSSR count). The highest BCUT2D eigenvalue weighted by Crippen LogP contribution is 2.42. The fraction of sp³-hybridized carbons (Fsp3) is 0.391. The van der Waals surface area contributed by atoms with E-state index in [0.29, 0.717) is 17.4 Å². The summed E-state index contributed by atoms with van der Waals surface area (Å²) in [4.78, 5) is 15.7. The first kappa shape index (κ1) is 25.0. The number of benzene rings is 1. The van der Waals surface area contributed by atoms with E-state index in [0.717, 1.165) is 24.5 Å². The molecule has 1 fully saturated rings. The second-order valence-corrected chi connectivity index (χ2v) is 6.44. The lowest BCUT2D eigenvalue weighted by Crippen LogP contribution is -2.11. The Kier molecular flexibility index (Phi) is 8.92. The Hall–Kier alpha value is -3.23. The summed E-state index contributed by atoms with van der Waals surface area (Å²) in [5.74, 6) is 0.946. The lowest BCUT2D eigenvalue weighted by Gasteiger charge is -2.13. The molecule has 1 aliphatic rings. The highest BCUT2D eigenvalue weighted by atomic mass is 19.4. The zero-order chi connectivity index (χ0) is 23.7. The van der Waals surface area contributed by atoms with Crippen LogP contribution in [0.25, 0.3) is 11.5 Å². The number of aromatic nitrogens is 4. The number of halogens is 3. The Bertz CT molecular complexity index is 993. The topological polar surface area (TPSA) is 72.8 Å². The van der Waals surface area contributed by atoms with Gasteiger partial charge in [-0.05, 0) is 36.5 Å². The molecule has 2 heterocycles. The molecule has 172 valence electrons. The first-order valence-corrected chi connectivity index (χ1v) is 10.6. The van der Waals surface area contributed by atoms with Crippen LogP contribution in [0.3, 0.4) is 0 Å². The summed E-state index contributed by atoms with van der Waals surface area (Å²) in [6.45, 7) is 8.00. The van der Waals surface area contributed by atoms with Crippen molar-refractivity contribution in [2.75, 3.05) is 12.4 Å². The maximum atomic E-state index is 13.3. The summed E-state index contributed by atoms with van der Waals surface area (Å²) < 4.78 is 45.3. The second-order valence-electron chi connectivity index (χ2n) is 6.44. The molecular weight excluding hydrogens is 419 g/mol. The number of nitrogens with one attached hydrogen (secondary N) is 1. The van der Waals surface area contributed by atoms with E-state index in [1.807, 2.05) is 39.8 Å². The van der Waals surface area contributed by atoms with Crippen molar-refractivity contribution in [2.24, 2.45) is 0 Å². The van der Waals surface area contributed by atoms with Gasteiger partial charge in [0.05, 0.1) is 13.3 Å². The van der Waals surface area contributed by atoms with Gasteiger partial charge in [-0.3, -0.25) is 4.98 Å². The van der Waals surface area contributed by atoms with Crippen molar-refractivity contribution in [2.45, 2.75) is 52.6 Å². The average Bonchev–Trinajstić information content (AvgIpc) is 3.67. The van der Waals surface area contributed by atoms with Crippen molar-refractivity contribution in [3.63, 3.8) is 0 Å². The normalized spacial score (nSPS) is 12.6. The van der Waals surface area contributed by atoms with Crippen LogP contribution in [0.5, 0.6) is 5.75 Å². The van der Waals surface area contributed by atoms with E-state index >= 15 is 0 Å². The van der Waals surface area contributed by atoms with E-state index in [9.17, 15) is 13.2 Å². The van der Waals surface area contributed by atoms with Crippen LogP contribution in [0.1, 0.15) is 57.7 Å². The van der Waals surface area contributed by atoms with Crippen molar-refractivity contribution < 1.29 is 17.9 Å². The van der Waals surface area contributed by atoms with Gasteiger partial charge in [-0.1, -0.05) is 27.7 Å². The monoisotopic (exact) mass is 447 g/mol. The van der Waals surface area contributed by atoms with Gasteiger partial charge in [0, 0.05) is 30.2 Å². The third-order valence-corrected chi connectivity index (χ3v) is 4.29. The molecule has 1 N–H and O–H groups in total. The van der Waals surface area contributed by atoms with Crippen LogP contribution in [0, 0.1) is 0 Å². The largest absolute Gasteiger partial charge is 0.497 e. The smallest absolute Gasteiger partial charge is 0.433 e. The minimum absolute atomic E-state index is 0.0120. The second kappa shape index (κ2) is 11.4. The first-order chi connectivity index (χ1) is 15.4. The van der Waals surface area contributed by atoms with Crippen LogP contribution < -0.4 is 10.1 Å². The summed E-state index contributed by atoms with van der Waals surface area (Å²) in [6, 6.07) is 6.42. The van der Waals surface area contributed by atoms with Gasteiger partial charge < -0.3 is 10.1 Å². The summed E-state index contributed by atoms with van der Waals surface area (Å²) in [5, 5.41) is 2.95. The van der Waals surface area contributed by atoms with Gasteiger partial charge in [0.2, 0.25) is 0 Å². The Morgan fingerprint density at radius 2 is 1.69 bits per heavy atom. The minimum atomic E-state index is -4.62. The van der Waals surface area contributed by atoms with Gasteiger partial charge in [-0.2, -0.15) is 13.2 Å². The number of hydrogen-bond donors (Lipinski definition) is 1. The number of ether oxygens (including phenoxy) is 1. The van der Waals surface area contributed by atoms with Gasteiger partial charge in [0.15, 0.2) is 11.5 Å². The van der Waals surface area contributed by atoms with Crippen LogP contribution in [-0.2, 0) is 6.18 Å². The SMILES string of the molecule is CC.CC.COc1cc(Nc2cc(C(F)(F)F)nc(-c3cnccn3)n2)cc(C2CC2)c1. The molecule has 1 aliphatic carbocycles. The molecule has 1 saturated carbocycles. The van der Waals surface area contributed by atoms with Crippen LogP contribution >= 0.6 is 0 Å². The van der Waals surface area contributed by atoms with Crippen molar-refractivity contribution in [3.8, 4) is 17.3 Å². The quantitative estimate of drug-likeness (QED) is 0.473. The van der Waals surface area contributed by atoms with Gasteiger partial charge in [-0.15, -0.1) is 0 Å². The van der Waals surface area contributed by atoms with Crippen molar-refractivity contribution >= 4 is 11.5 Å². The molecule has 1 aromatic carbocycles. The number of nitrogens with zero attached hydrogens (tertiary/aromatic N) is 4. The Labute approximate surface area is 186 Å². The molecule has 0 aliphatic heterocycles. The number of methoxy groups -OCH3 is 1. The first-order valence-electron chi connectivity index (χ1n) is 10.6. The molecule has 3 aromatic rings. The number of rotatable bonds is 5. The fourth-order valence-corrected chi connectivity index (χ4v) is 2.80. The minimum Gasteiger partial charge on any atom is -0.497 e. The molecule has 9 heteroatoms. The molecule has 0 spiro atoms. The lowest BCUT2D eigenvalue weighted by molar-refractivity contribution is -0.141. The number of hydrogen-bond acceptors (Lipinski definition) is 6. The van der Waals surface area contributed by atoms with Crippen LogP contribution in [0.2, 0.25) is 0 Å². The molecule has 0 atom stereocenters. The molecular formula is C23H28F3N5O. The Morgan fingerprint density at radius 3 is 2.25 bits per heavy atom. The predicted octanol–water partition coefficient (Wildman–Crippen LogP) is 6.63. The zero-order valence-corrected chi connectivity index (χ0v) is 18.9. The van der Waals surface area contributed by atoms with E-state index in [1.54, 1.807) is 13.2 Å². The summed E-state index contributed by atoms with van der Waals surface area (Å²) in [6.07, 6.45) is 1.67. The molecule has 0 unspecified atom stereocenters. The van der Waals surface area contributed by atoms with Crippen LogP contribution in [0.4, 0.5) is 24.7 Å². The molecule has 0 amide bonds. The molecule has 32 heavy (non-hydrogen) atoms. The maximum Gasteiger partial charge on any atom is 0.433 e. The highest BCUT2D eigenvalue weighted by Gasteiger charge is 2.34. The summed E-state index contributed by atoms with van der Waals surface area (Å²) in [7, 11) is 1.55. The van der Waals surface area contributed by atoms with Gasteiger partial charge in [0.25, 0.3) is 0 Å². The van der Waals surface area contributed by atoms with Gasteiger partial charge in [0.1, 0.15) is 17.3 Å². The van der Waals surface area contributed by atoms with E-state index < -0.39 is 11.9 Å². The predicted molar refractivity (Wildman–Crippen MR) is 119 cm³/mol. The van der Waals surface area contributed by atoms with Gasteiger partial charge >= 0.3 is 6.18 Å². The lowest BCUT2D eigenvalue weighted by atomic mass is 10.1. The van der Waals surface area contributed by atoms with Crippen LogP contribution in [-0.4, -0.2) is 27.0 Å². The van der Waals surface area contributed by atoms with E-state index in [2.05, 4.69) is 25.3 Å². The van der Waals surface area contributed by atoms with E-state index in [1.165, 1.54) is 18.6 Å².